The Morgan fingerprint density at radius 2 is 1.71 bits per heavy atom. The highest BCUT2D eigenvalue weighted by atomic mass is 32.2. The van der Waals surface area contributed by atoms with Crippen molar-refractivity contribution in [2.24, 2.45) is 0 Å². The maximum Gasteiger partial charge on any atom is 0.261 e. The minimum Gasteiger partial charge on any atom is -0.486 e. The zero-order chi connectivity index (χ0) is 24.4. The average molecular weight is 508 g/mol. The third-order valence-electron chi connectivity index (χ3n) is 5.31. The third kappa shape index (κ3) is 4.98. The summed E-state index contributed by atoms with van der Waals surface area (Å²) < 4.78 is 39.4. The molecule has 0 bridgehead atoms. The molecule has 1 aliphatic rings. The van der Waals surface area contributed by atoms with E-state index in [0.717, 1.165) is 11.1 Å². The molecule has 178 valence electrons. The average Bonchev–Trinajstić information content (AvgIpc) is 3.32. The van der Waals surface area contributed by atoms with E-state index in [9.17, 15) is 13.2 Å². The number of sulfonamides is 1. The van der Waals surface area contributed by atoms with E-state index >= 15 is 0 Å². The molecule has 0 atom stereocenters. The Morgan fingerprint density at radius 1 is 0.971 bits per heavy atom. The summed E-state index contributed by atoms with van der Waals surface area (Å²) in [6, 6.07) is 18.5. The van der Waals surface area contributed by atoms with E-state index in [4.69, 9.17) is 9.47 Å². The summed E-state index contributed by atoms with van der Waals surface area (Å²) in [5.41, 5.74) is 2.81. The summed E-state index contributed by atoms with van der Waals surface area (Å²) in [4.78, 5) is 17.6. The van der Waals surface area contributed by atoms with Crippen molar-refractivity contribution in [2.45, 2.75) is 11.8 Å². The molecule has 3 aromatic carbocycles. The monoisotopic (exact) mass is 507 g/mol. The Bertz CT molecular complexity index is 1500. The molecule has 5 rings (SSSR count). The largest absolute Gasteiger partial charge is 0.486 e. The minimum absolute atomic E-state index is 0.113. The van der Waals surface area contributed by atoms with Crippen molar-refractivity contribution in [2.75, 3.05) is 23.3 Å². The van der Waals surface area contributed by atoms with Crippen molar-refractivity contribution >= 4 is 38.1 Å². The van der Waals surface area contributed by atoms with Gasteiger partial charge in [0.25, 0.3) is 15.9 Å². The van der Waals surface area contributed by atoms with Gasteiger partial charge in [0.15, 0.2) is 16.6 Å². The van der Waals surface area contributed by atoms with Crippen molar-refractivity contribution < 1.29 is 22.7 Å². The summed E-state index contributed by atoms with van der Waals surface area (Å²) >= 11 is 1.27. The van der Waals surface area contributed by atoms with Crippen molar-refractivity contribution in [3.8, 4) is 22.8 Å². The molecule has 8 nitrogen and oxygen atoms in total. The number of para-hydroxylation sites is 1. The van der Waals surface area contributed by atoms with Crippen LogP contribution < -0.4 is 19.5 Å². The fourth-order valence-electron chi connectivity index (χ4n) is 3.52. The molecule has 0 saturated heterocycles. The predicted molar refractivity (Wildman–Crippen MR) is 135 cm³/mol. The van der Waals surface area contributed by atoms with Crippen LogP contribution in [0.3, 0.4) is 0 Å². The number of thiazole rings is 1. The van der Waals surface area contributed by atoms with Crippen LogP contribution in [0, 0.1) is 6.92 Å². The summed E-state index contributed by atoms with van der Waals surface area (Å²) in [6.45, 7) is 2.88. The second kappa shape index (κ2) is 9.40. The quantitative estimate of drug-likeness (QED) is 0.383. The zero-order valence-corrected chi connectivity index (χ0v) is 20.3. The molecule has 2 heterocycles. The van der Waals surface area contributed by atoms with Crippen LogP contribution in [-0.2, 0) is 10.0 Å². The number of hydrogen-bond donors (Lipinski definition) is 2. The van der Waals surface area contributed by atoms with Crippen LogP contribution in [-0.4, -0.2) is 32.5 Å². The number of nitrogens with zero attached hydrogens (tertiary/aromatic N) is 1. The molecule has 4 aromatic rings. The molecule has 10 heteroatoms. The molecule has 1 aromatic heterocycles. The minimum atomic E-state index is -3.86. The van der Waals surface area contributed by atoms with E-state index in [0.29, 0.717) is 35.5 Å². The van der Waals surface area contributed by atoms with E-state index in [-0.39, 0.29) is 16.1 Å². The molecule has 0 unspecified atom stereocenters. The van der Waals surface area contributed by atoms with Gasteiger partial charge in [0.05, 0.1) is 21.8 Å². The van der Waals surface area contributed by atoms with Crippen LogP contribution in [0.5, 0.6) is 11.5 Å². The Kier molecular flexibility index (Phi) is 6.14. The van der Waals surface area contributed by atoms with Crippen LogP contribution >= 0.6 is 11.3 Å². The lowest BCUT2D eigenvalue weighted by molar-refractivity contribution is 0.102. The first-order valence-corrected chi connectivity index (χ1v) is 13.1. The van der Waals surface area contributed by atoms with Gasteiger partial charge in [-0.25, -0.2) is 13.4 Å². The first-order chi connectivity index (χ1) is 16.9. The summed E-state index contributed by atoms with van der Waals surface area (Å²) in [7, 11) is -3.86. The SMILES string of the molecule is Cc1ccc(S(=O)(=O)Nc2ccccc2C(=O)Nc2nc(-c3ccc4c(c3)OCCO4)cs2)cc1. The number of aryl methyl sites for hydroxylation is 1. The normalized spacial score (nSPS) is 12.7. The molecule has 0 fully saturated rings. The molecule has 2 N–H and O–H groups in total. The van der Waals surface area contributed by atoms with Gasteiger partial charge in [-0.1, -0.05) is 29.8 Å². The fraction of sp³-hybridized carbons (Fsp3) is 0.120. The van der Waals surface area contributed by atoms with Gasteiger partial charge in [-0.15, -0.1) is 11.3 Å². The molecule has 1 amide bonds. The van der Waals surface area contributed by atoms with E-state index in [2.05, 4.69) is 15.0 Å². The van der Waals surface area contributed by atoms with Gasteiger partial charge >= 0.3 is 0 Å². The second-order valence-electron chi connectivity index (χ2n) is 7.81. The second-order valence-corrected chi connectivity index (χ2v) is 10.4. The number of aromatic nitrogens is 1. The van der Waals surface area contributed by atoms with Crippen LogP contribution in [0.2, 0.25) is 0 Å². The number of benzene rings is 3. The van der Waals surface area contributed by atoms with E-state index in [1.165, 1.54) is 23.5 Å². The highest BCUT2D eigenvalue weighted by Crippen LogP contribution is 2.35. The van der Waals surface area contributed by atoms with Crippen LogP contribution in [0.4, 0.5) is 10.8 Å². The molecule has 0 radical (unpaired) electrons. The molecule has 0 aliphatic carbocycles. The number of rotatable bonds is 6. The van der Waals surface area contributed by atoms with Gasteiger partial charge in [-0.05, 0) is 49.4 Å². The first-order valence-electron chi connectivity index (χ1n) is 10.7. The lowest BCUT2D eigenvalue weighted by atomic mass is 10.1. The topological polar surface area (TPSA) is 107 Å². The summed E-state index contributed by atoms with van der Waals surface area (Å²) in [5.74, 6) is 0.867. The van der Waals surface area contributed by atoms with Crippen molar-refractivity contribution in [1.29, 1.82) is 0 Å². The van der Waals surface area contributed by atoms with Gasteiger partial charge < -0.3 is 9.47 Å². The summed E-state index contributed by atoms with van der Waals surface area (Å²) in [6.07, 6.45) is 0. The molecule has 35 heavy (non-hydrogen) atoms. The van der Waals surface area contributed by atoms with Crippen molar-refractivity contribution in [3.05, 3.63) is 83.2 Å². The number of nitrogens with one attached hydrogen (secondary N) is 2. The number of carbonyl (C=O) groups excluding carboxylic acids is 1. The van der Waals surface area contributed by atoms with E-state index < -0.39 is 15.9 Å². The zero-order valence-electron chi connectivity index (χ0n) is 18.6. The Labute approximate surface area is 206 Å². The first kappa shape index (κ1) is 22.9. The predicted octanol–water partition coefficient (Wildman–Crippen LogP) is 4.94. The van der Waals surface area contributed by atoms with Gasteiger partial charge in [0, 0.05) is 10.9 Å². The maximum atomic E-state index is 13.0. The maximum absolute atomic E-state index is 13.0. The standard InChI is InChI=1S/C25H21N3O5S2/c1-16-6-9-18(10-7-16)35(30,31)28-20-5-3-2-4-19(20)24(29)27-25-26-21(15-34-25)17-8-11-22-23(14-17)33-13-12-32-22/h2-11,14-15,28H,12-13H2,1H3,(H,26,27,29). The molecular weight excluding hydrogens is 486 g/mol. The number of ether oxygens (including phenoxy) is 2. The number of fused-ring (bicyclic) bond motifs is 1. The Balaban J connectivity index is 1.34. The van der Waals surface area contributed by atoms with Gasteiger partial charge in [-0.2, -0.15) is 0 Å². The number of hydrogen-bond acceptors (Lipinski definition) is 7. The highest BCUT2D eigenvalue weighted by molar-refractivity contribution is 7.92. The lowest BCUT2D eigenvalue weighted by Crippen LogP contribution is -2.18. The van der Waals surface area contributed by atoms with Crippen molar-refractivity contribution in [3.63, 3.8) is 0 Å². The number of carbonyl (C=O) groups is 1. The number of anilines is 2. The van der Waals surface area contributed by atoms with E-state index in [1.54, 1.807) is 36.4 Å². The number of amides is 1. The van der Waals surface area contributed by atoms with Crippen LogP contribution in [0.15, 0.2) is 77.0 Å². The Hall–Kier alpha value is -3.89. The lowest BCUT2D eigenvalue weighted by Gasteiger charge is -2.18. The van der Waals surface area contributed by atoms with Gasteiger partial charge in [0.1, 0.15) is 13.2 Å². The molecular formula is C25H21N3O5S2. The Morgan fingerprint density at radius 3 is 2.51 bits per heavy atom. The molecule has 1 aliphatic heterocycles. The highest BCUT2D eigenvalue weighted by Gasteiger charge is 2.20. The van der Waals surface area contributed by atoms with Crippen LogP contribution in [0.1, 0.15) is 15.9 Å². The smallest absolute Gasteiger partial charge is 0.261 e. The van der Waals surface area contributed by atoms with Crippen molar-refractivity contribution in [1.82, 2.24) is 4.98 Å². The fourth-order valence-corrected chi connectivity index (χ4v) is 5.32. The third-order valence-corrected chi connectivity index (χ3v) is 7.45. The van der Waals surface area contributed by atoms with E-state index in [1.807, 2.05) is 30.5 Å². The van der Waals surface area contributed by atoms with Gasteiger partial charge in [0.2, 0.25) is 0 Å². The summed E-state index contributed by atoms with van der Waals surface area (Å²) in [5, 5.41) is 4.97. The van der Waals surface area contributed by atoms with Crippen LogP contribution in [0.25, 0.3) is 11.3 Å². The molecule has 0 spiro atoms. The molecule has 0 saturated carbocycles. The van der Waals surface area contributed by atoms with Gasteiger partial charge in [-0.3, -0.25) is 14.8 Å².